The fraction of sp³-hybridized carbons (Fsp3) is 0.429. The standard InChI is InChI=1S/C14H16F3N5O3/c1-3-11(21-24)20-12(23)13(25-22-7-6-19-9(22)2)8-18-5-4-10(13)14(15,16)17/h4-7,24H,3,8H2,1-2H3,(H,20,21,23). The molecule has 0 spiro atoms. The topological polar surface area (TPSA) is 101 Å². The normalized spacial score (nSPS) is 21.0. The number of rotatable bonds is 4. The Labute approximate surface area is 140 Å². The van der Waals surface area contributed by atoms with Gasteiger partial charge in [-0.2, -0.15) is 17.9 Å². The number of allylic oxidation sites excluding steroid dienone is 1. The highest BCUT2D eigenvalue weighted by atomic mass is 19.4. The Morgan fingerprint density at radius 1 is 1.56 bits per heavy atom. The number of carbonyl (C=O) groups excluding carboxylic acids is 1. The van der Waals surface area contributed by atoms with Gasteiger partial charge in [0, 0.05) is 18.8 Å². The van der Waals surface area contributed by atoms with Gasteiger partial charge in [0.05, 0.1) is 18.3 Å². The highest BCUT2D eigenvalue weighted by Crippen LogP contribution is 2.37. The molecular weight excluding hydrogens is 343 g/mol. The minimum Gasteiger partial charge on any atom is -0.409 e. The average Bonchev–Trinajstić information content (AvgIpc) is 2.96. The van der Waals surface area contributed by atoms with Crippen LogP contribution in [0, 0.1) is 6.92 Å². The maximum atomic E-state index is 13.5. The number of aliphatic imine (C=N–C) groups is 1. The summed E-state index contributed by atoms with van der Waals surface area (Å²) in [4.78, 5) is 25.7. The third-order valence-corrected chi connectivity index (χ3v) is 3.52. The molecule has 0 radical (unpaired) electrons. The van der Waals surface area contributed by atoms with E-state index in [-0.39, 0.29) is 18.1 Å². The Balaban J connectivity index is 2.51. The van der Waals surface area contributed by atoms with Gasteiger partial charge in [-0.3, -0.25) is 9.79 Å². The minimum absolute atomic E-state index is 0.0940. The summed E-state index contributed by atoms with van der Waals surface area (Å²) in [6.07, 6.45) is -0.525. The lowest BCUT2D eigenvalue weighted by Gasteiger charge is -2.35. The van der Waals surface area contributed by atoms with Gasteiger partial charge in [0.2, 0.25) is 0 Å². The van der Waals surface area contributed by atoms with Crippen LogP contribution in [0.4, 0.5) is 13.2 Å². The van der Waals surface area contributed by atoms with Crippen molar-refractivity contribution in [1.29, 1.82) is 0 Å². The average molecular weight is 359 g/mol. The minimum atomic E-state index is -4.85. The third-order valence-electron chi connectivity index (χ3n) is 3.52. The number of nitrogens with one attached hydrogen (secondary N) is 1. The summed E-state index contributed by atoms with van der Waals surface area (Å²) in [6, 6.07) is 0. The van der Waals surface area contributed by atoms with E-state index in [0.717, 1.165) is 10.9 Å². The van der Waals surface area contributed by atoms with E-state index in [2.05, 4.69) is 20.4 Å². The van der Waals surface area contributed by atoms with Crippen LogP contribution in [0.1, 0.15) is 19.2 Å². The summed E-state index contributed by atoms with van der Waals surface area (Å²) >= 11 is 0. The first-order valence-corrected chi connectivity index (χ1v) is 7.24. The zero-order valence-corrected chi connectivity index (χ0v) is 13.4. The largest absolute Gasteiger partial charge is 0.417 e. The van der Waals surface area contributed by atoms with Crippen molar-refractivity contribution in [3.63, 3.8) is 0 Å². The molecule has 8 nitrogen and oxygen atoms in total. The number of oxime groups is 1. The SMILES string of the molecule is CCC(=NO)NC(=O)C1(On2ccnc2C)CN=CC=C1C(F)(F)F. The van der Waals surface area contributed by atoms with Gasteiger partial charge >= 0.3 is 6.18 Å². The van der Waals surface area contributed by atoms with Gasteiger partial charge < -0.3 is 15.4 Å². The molecule has 1 amide bonds. The number of alkyl halides is 3. The van der Waals surface area contributed by atoms with Gasteiger partial charge in [-0.25, -0.2) is 4.98 Å². The summed E-state index contributed by atoms with van der Waals surface area (Å²) in [5, 5.41) is 13.8. The molecule has 2 N–H and O–H groups in total. The van der Waals surface area contributed by atoms with E-state index in [9.17, 15) is 18.0 Å². The summed E-state index contributed by atoms with van der Waals surface area (Å²) in [7, 11) is 0. The summed E-state index contributed by atoms with van der Waals surface area (Å²) in [6.45, 7) is 2.45. The van der Waals surface area contributed by atoms with Gasteiger partial charge in [-0.15, -0.1) is 0 Å². The van der Waals surface area contributed by atoms with Crippen LogP contribution in [0.2, 0.25) is 0 Å². The molecule has 0 saturated carbocycles. The number of halogens is 3. The van der Waals surface area contributed by atoms with E-state index in [1.807, 2.05) is 0 Å². The number of imidazole rings is 1. The van der Waals surface area contributed by atoms with Crippen molar-refractivity contribution < 1.29 is 28.0 Å². The monoisotopic (exact) mass is 359 g/mol. The lowest BCUT2D eigenvalue weighted by molar-refractivity contribution is -0.158. The Kier molecular flexibility index (Phi) is 5.14. The van der Waals surface area contributed by atoms with Crippen molar-refractivity contribution in [1.82, 2.24) is 15.0 Å². The molecule has 1 aromatic heterocycles. The number of hydrogen-bond acceptors (Lipinski definition) is 6. The number of carbonyl (C=O) groups is 1. The number of amides is 1. The molecule has 0 bridgehead atoms. The first-order chi connectivity index (χ1) is 11.7. The van der Waals surface area contributed by atoms with E-state index in [1.165, 1.54) is 19.3 Å². The number of hydrogen-bond donors (Lipinski definition) is 2. The van der Waals surface area contributed by atoms with Gasteiger partial charge in [-0.05, 0) is 13.0 Å². The summed E-state index contributed by atoms with van der Waals surface area (Å²) in [5.41, 5.74) is -3.72. The molecule has 1 aliphatic heterocycles. The maximum Gasteiger partial charge on any atom is 0.417 e. The predicted molar refractivity (Wildman–Crippen MR) is 81.4 cm³/mol. The number of nitrogens with zero attached hydrogens (tertiary/aromatic N) is 4. The Hall–Kier alpha value is -2.85. The quantitative estimate of drug-likeness (QED) is 0.366. The molecule has 11 heteroatoms. The van der Waals surface area contributed by atoms with Crippen molar-refractivity contribution in [2.75, 3.05) is 6.54 Å². The second kappa shape index (κ2) is 6.95. The van der Waals surface area contributed by atoms with Crippen LogP contribution in [0.15, 0.2) is 34.2 Å². The van der Waals surface area contributed by atoms with Gasteiger partial charge in [-0.1, -0.05) is 12.1 Å². The molecule has 1 atom stereocenters. The maximum absolute atomic E-state index is 13.5. The molecule has 0 fully saturated rings. The van der Waals surface area contributed by atoms with Crippen LogP contribution < -0.4 is 10.2 Å². The number of dihydropyridines is 1. The predicted octanol–water partition coefficient (Wildman–Crippen LogP) is 1.25. The van der Waals surface area contributed by atoms with Gasteiger partial charge in [0.15, 0.2) is 0 Å². The zero-order chi connectivity index (χ0) is 18.7. The number of aryl methyl sites for hydroxylation is 1. The molecule has 1 unspecified atom stereocenters. The lowest BCUT2D eigenvalue weighted by Crippen LogP contribution is -2.61. The highest BCUT2D eigenvalue weighted by molar-refractivity contribution is 6.04. The molecule has 2 rings (SSSR count). The molecule has 0 aliphatic carbocycles. The van der Waals surface area contributed by atoms with Crippen molar-refractivity contribution >= 4 is 18.0 Å². The second-order valence-corrected chi connectivity index (χ2v) is 5.14. The molecule has 2 heterocycles. The van der Waals surface area contributed by atoms with E-state index >= 15 is 0 Å². The first kappa shape index (κ1) is 18.5. The van der Waals surface area contributed by atoms with Crippen LogP contribution in [0.25, 0.3) is 0 Å². The van der Waals surface area contributed by atoms with E-state index in [4.69, 9.17) is 10.0 Å². The molecule has 1 aromatic rings. The lowest BCUT2D eigenvalue weighted by atomic mass is 9.89. The van der Waals surface area contributed by atoms with Crippen molar-refractivity contribution in [3.05, 3.63) is 29.9 Å². The van der Waals surface area contributed by atoms with E-state index < -0.39 is 29.8 Å². The number of aromatic nitrogens is 2. The van der Waals surface area contributed by atoms with E-state index in [1.54, 1.807) is 6.92 Å². The smallest absolute Gasteiger partial charge is 0.409 e. The molecular formula is C14H16F3N5O3. The molecule has 136 valence electrons. The van der Waals surface area contributed by atoms with E-state index in [0.29, 0.717) is 6.08 Å². The second-order valence-electron chi connectivity index (χ2n) is 5.14. The highest BCUT2D eigenvalue weighted by Gasteiger charge is 2.57. The molecule has 0 saturated heterocycles. The van der Waals surface area contributed by atoms with Gasteiger partial charge in [0.25, 0.3) is 11.5 Å². The molecule has 25 heavy (non-hydrogen) atoms. The van der Waals surface area contributed by atoms with Gasteiger partial charge in [0.1, 0.15) is 11.7 Å². The first-order valence-electron chi connectivity index (χ1n) is 7.24. The van der Waals surface area contributed by atoms with Crippen molar-refractivity contribution in [2.24, 2.45) is 10.1 Å². The summed E-state index contributed by atoms with van der Waals surface area (Å²) in [5.74, 6) is -1.11. The zero-order valence-electron chi connectivity index (χ0n) is 13.4. The number of amidine groups is 1. The Bertz CT molecular complexity index is 738. The van der Waals surface area contributed by atoms with Crippen LogP contribution >= 0.6 is 0 Å². The van der Waals surface area contributed by atoms with Crippen LogP contribution in [0.5, 0.6) is 0 Å². The molecule has 0 aromatic carbocycles. The third kappa shape index (κ3) is 3.64. The van der Waals surface area contributed by atoms with Crippen LogP contribution in [0.3, 0.4) is 0 Å². The van der Waals surface area contributed by atoms with Crippen LogP contribution in [-0.4, -0.2) is 51.2 Å². The Morgan fingerprint density at radius 3 is 2.80 bits per heavy atom. The fourth-order valence-corrected chi connectivity index (χ4v) is 2.21. The summed E-state index contributed by atoms with van der Waals surface area (Å²) < 4.78 is 41.6. The van der Waals surface area contributed by atoms with Crippen molar-refractivity contribution in [3.8, 4) is 0 Å². The fourth-order valence-electron chi connectivity index (χ4n) is 2.21. The molecule has 1 aliphatic rings. The van der Waals surface area contributed by atoms with Crippen molar-refractivity contribution in [2.45, 2.75) is 32.0 Å². The van der Waals surface area contributed by atoms with Crippen LogP contribution in [-0.2, 0) is 4.79 Å². The Morgan fingerprint density at radius 2 is 2.28 bits per heavy atom.